The van der Waals surface area contributed by atoms with Crippen LogP contribution in [0.15, 0.2) is 0 Å². The molecule has 1 aliphatic carbocycles. The Bertz CT molecular complexity index is 328. The van der Waals surface area contributed by atoms with E-state index in [1.807, 2.05) is 0 Å². The van der Waals surface area contributed by atoms with Gasteiger partial charge in [0.05, 0.1) is 6.26 Å². The van der Waals surface area contributed by atoms with Gasteiger partial charge in [-0.05, 0) is 31.6 Å². The Morgan fingerprint density at radius 1 is 1.12 bits per heavy atom. The van der Waals surface area contributed by atoms with Crippen molar-refractivity contribution in [3.63, 3.8) is 0 Å². The zero-order chi connectivity index (χ0) is 11.8. The minimum Gasteiger partial charge on any atom is -0.311 e. The van der Waals surface area contributed by atoms with Gasteiger partial charge in [0, 0.05) is 25.2 Å². The van der Waals surface area contributed by atoms with E-state index in [1.165, 1.54) is 19.1 Å². The molecule has 1 saturated carbocycles. The molecule has 0 bridgehead atoms. The summed E-state index contributed by atoms with van der Waals surface area (Å²) in [7, 11) is -2.97. The molecule has 0 unspecified atom stereocenters. The van der Waals surface area contributed by atoms with Crippen LogP contribution in [-0.4, -0.2) is 44.2 Å². The molecule has 1 heterocycles. The minimum atomic E-state index is -2.97. The first-order chi connectivity index (χ1) is 7.45. The number of hydrogen-bond acceptors (Lipinski definition) is 3. The van der Waals surface area contributed by atoms with Gasteiger partial charge in [0.15, 0.2) is 0 Å². The van der Waals surface area contributed by atoms with Crippen LogP contribution < -0.4 is 5.32 Å². The Hall–Kier alpha value is -0.130. The van der Waals surface area contributed by atoms with Gasteiger partial charge >= 0.3 is 0 Å². The normalized spacial score (nSPS) is 33.6. The van der Waals surface area contributed by atoms with E-state index < -0.39 is 10.0 Å². The van der Waals surface area contributed by atoms with Crippen molar-refractivity contribution >= 4 is 10.0 Å². The standard InChI is InChI=1S/C11H22N2O2S/c1-9-7-11(8-9)12-10-3-5-13(6-4-10)16(2,14)15/h9-12H,3-8H2,1-2H3. The summed E-state index contributed by atoms with van der Waals surface area (Å²) in [4.78, 5) is 0. The highest BCUT2D eigenvalue weighted by atomic mass is 32.2. The zero-order valence-corrected chi connectivity index (χ0v) is 11.0. The second-order valence-corrected chi connectivity index (χ2v) is 7.36. The van der Waals surface area contributed by atoms with Gasteiger partial charge in [-0.1, -0.05) is 6.92 Å². The Kier molecular flexibility index (Phi) is 3.56. The largest absolute Gasteiger partial charge is 0.311 e. The third-order valence-corrected chi connectivity index (χ3v) is 5.07. The first-order valence-corrected chi connectivity index (χ1v) is 8.01. The Labute approximate surface area is 98.4 Å². The number of nitrogens with one attached hydrogen (secondary N) is 1. The summed E-state index contributed by atoms with van der Waals surface area (Å²) < 4.78 is 24.3. The summed E-state index contributed by atoms with van der Waals surface area (Å²) in [6.07, 6.45) is 5.78. The highest BCUT2D eigenvalue weighted by Gasteiger charge is 2.30. The van der Waals surface area contributed by atoms with Crippen molar-refractivity contribution in [1.29, 1.82) is 0 Å². The van der Waals surface area contributed by atoms with E-state index in [-0.39, 0.29) is 0 Å². The van der Waals surface area contributed by atoms with Gasteiger partial charge in [0.1, 0.15) is 0 Å². The lowest BCUT2D eigenvalue weighted by Crippen LogP contribution is -2.50. The fraction of sp³-hybridized carbons (Fsp3) is 1.00. The summed E-state index contributed by atoms with van der Waals surface area (Å²) >= 11 is 0. The number of sulfonamides is 1. The highest BCUT2D eigenvalue weighted by Crippen LogP contribution is 2.27. The van der Waals surface area contributed by atoms with Crippen LogP contribution in [0.1, 0.15) is 32.6 Å². The predicted octanol–water partition coefficient (Wildman–Crippen LogP) is 0.798. The fourth-order valence-electron chi connectivity index (χ4n) is 2.73. The quantitative estimate of drug-likeness (QED) is 0.801. The molecule has 16 heavy (non-hydrogen) atoms. The van der Waals surface area contributed by atoms with E-state index in [0.29, 0.717) is 25.2 Å². The van der Waals surface area contributed by atoms with Gasteiger partial charge in [0.25, 0.3) is 0 Å². The molecule has 1 aliphatic heterocycles. The molecule has 0 aromatic rings. The lowest BCUT2D eigenvalue weighted by atomic mass is 9.81. The van der Waals surface area contributed by atoms with Crippen molar-refractivity contribution in [1.82, 2.24) is 9.62 Å². The van der Waals surface area contributed by atoms with Crippen LogP contribution in [0.2, 0.25) is 0 Å². The summed E-state index contributed by atoms with van der Waals surface area (Å²) in [5.41, 5.74) is 0. The van der Waals surface area contributed by atoms with E-state index in [9.17, 15) is 8.42 Å². The van der Waals surface area contributed by atoms with E-state index in [4.69, 9.17) is 0 Å². The van der Waals surface area contributed by atoms with Gasteiger partial charge < -0.3 is 5.32 Å². The topological polar surface area (TPSA) is 49.4 Å². The van der Waals surface area contributed by atoms with Gasteiger partial charge in [-0.25, -0.2) is 12.7 Å². The van der Waals surface area contributed by atoms with Gasteiger partial charge in [-0.3, -0.25) is 0 Å². The molecule has 1 saturated heterocycles. The fourth-order valence-corrected chi connectivity index (χ4v) is 3.60. The van der Waals surface area contributed by atoms with Crippen LogP contribution >= 0.6 is 0 Å². The smallest absolute Gasteiger partial charge is 0.211 e. The summed E-state index contributed by atoms with van der Waals surface area (Å²) in [5, 5.41) is 3.64. The number of nitrogens with zero attached hydrogens (tertiary/aromatic N) is 1. The molecular formula is C11H22N2O2S. The first kappa shape index (κ1) is 12.3. The van der Waals surface area contributed by atoms with Crippen molar-refractivity contribution in [2.24, 2.45) is 5.92 Å². The SMILES string of the molecule is CC1CC(NC2CCN(S(C)(=O)=O)CC2)C1. The predicted molar refractivity (Wildman–Crippen MR) is 64.8 cm³/mol. The molecule has 2 aliphatic rings. The molecule has 0 amide bonds. The molecule has 4 nitrogen and oxygen atoms in total. The maximum Gasteiger partial charge on any atom is 0.211 e. The molecule has 5 heteroatoms. The monoisotopic (exact) mass is 246 g/mol. The summed E-state index contributed by atoms with van der Waals surface area (Å²) in [6.45, 7) is 3.64. The molecule has 0 aromatic heterocycles. The molecule has 0 aromatic carbocycles. The summed E-state index contributed by atoms with van der Waals surface area (Å²) in [5.74, 6) is 0.869. The van der Waals surface area contributed by atoms with E-state index >= 15 is 0 Å². The maximum absolute atomic E-state index is 11.3. The maximum atomic E-state index is 11.3. The van der Waals surface area contributed by atoms with Crippen LogP contribution in [0.5, 0.6) is 0 Å². The van der Waals surface area contributed by atoms with Crippen LogP contribution in [0.4, 0.5) is 0 Å². The van der Waals surface area contributed by atoms with Crippen molar-refractivity contribution in [2.45, 2.75) is 44.7 Å². The molecule has 0 spiro atoms. The van der Waals surface area contributed by atoms with Gasteiger partial charge in [-0.15, -0.1) is 0 Å². The minimum absolute atomic E-state index is 0.524. The van der Waals surface area contributed by atoms with Crippen LogP contribution in [0, 0.1) is 5.92 Å². The van der Waals surface area contributed by atoms with Crippen LogP contribution in [-0.2, 0) is 10.0 Å². The van der Waals surface area contributed by atoms with Crippen LogP contribution in [0.3, 0.4) is 0 Å². The first-order valence-electron chi connectivity index (χ1n) is 6.16. The number of rotatable bonds is 3. The lowest BCUT2D eigenvalue weighted by Gasteiger charge is -2.39. The highest BCUT2D eigenvalue weighted by molar-refractivity contribution is 7.88. The van der Waals surface area contributed by atoms with Crippen molar-refractivity contribution < 1.29 is 8.42 Å². The van der Waals surface area contributed by atoms with E-state index in [1.54, 1.807) is 4.31 Å². The van der Waals surface area contributed by atoms with Gasteiger partial charge in [-0.2, -0.15) is 0 Å². The van der Waals surface area contributed by atoms with Crippen molar-refractivity contribution in [3.8, 4) is 0 Å². The van der Waals surface area contributed by atoms with Crippen LogP contribution in [0.25, 0.3) is 0 Å². The summed E-state index contributed by atoms with van der Waals surface area (Å²) in [6, 6.07) is 1.21. The number of piperidine rings is 1. The molecule has 0 radical (unpaired) electrons. The van der Waals surface area contributed by atoms with E-state index in [0.717, 1.165) is 18.8 Å². The Morgan fingerprint density at radius 2 is 1.69 bits per heavy atom. The Morgan fingerprint density at radius 3 is 2.12 bits per heavy atom. The molecule has 94 valence electrons. The third-order valence-electron chi connectivity index (χ3n) is 3.77. The Balaban J connectivity index is 1.73. The average molecular weight is 246 g/mol. The second-order valence-electron chi connectivity index (χ2n) is 5.38. The zero-order valence-electron chi connectivity index (χ0n) is 10.1. The average Bonchev–Trinajstić information content (AvgIpc) is 2.15. The molecular weight excluding hydrogens is 224 g/mol. The molecule has 2 rings (SSSR count). The van der Waals surface area contributed by atoms with E-state index in [2.05, 4.69) is 12.2 Å². The molecule has 1 N–H and O–H groups in total. The lowest BCUT2D eigenvalue weighted by molar-refractivity contribution is 0.192. The number of hydrogen-bond donors (Lipinski definition) is 1. The second kappa shape index (κ2) is 4.63. The molecule has 0 atom stereocenters. The third kappa shape index (κ3) is 2.96. The molecule has 2 fully saturated rings. The van der Waals surface area contributed by atoms with Crippen molar-refractivity contribution in [3.05, 3.63) is 0 Å². The van der Waals surface area contributed by atoms with Crippen molar-refractivity contribution in [2.75, 3.05) is 19.3 Å². The van der Waals surface area contributed by atoms with Gasteiger partial charge in [0.2, 0.25) is 10.0 Å².